The predicted octanol–water partition coefficient (Wildman–Crippen LogP) is 0.844. The molecule has 4 aromatic rings. The highest BCUT2D eigenvalue weighted by molar-refractivity contribution is 5.83. The third-order valence-corrected chi connectivity index (χ3v) is 6.97. The zero-order chi connectivity index (χ0) is 22.5. The number of nitrogens with one attached hydrogen (secondary N) is 1. The number of fused-ring (bicyclic) bond motifs is 1. The van der Waals surface area contributed by atoms with Crippen LogP contribution in [0.3, 0.4) is 0 Å². The maximum absolute atomic E-state index is 13.4. The number of hydrogen-bond donors (Lipinski definition) is 1. The Bertz CT molecular complexity index is 1260. The molecule has 1 aromatic heterocycles. The molecule has 34 heavy (non-hydrogen) atoms. The van der Waals surface area contributed by atoms with Gasteiger partial charge in [0.05, 0.1) is 36.8 Å². The van der Waals surface area contributed by atoms with Crippen LogP contribution in [0.4, 0.5) is 0 Å². The lowest BCUT2D eigenvalue weighted by Gasteiger charge is -2.19. The molecule has 2 unspecified atom stereocenters. The predicted molar refractivity (Wildman–Crippen MR) is 134 cm³/mol. The van der Waals surface area contributed by atoms with E-state index in [1.165, 1.54) is 17.7 Å². The van der Waals surface area contributed by atoms with Crippen LogP contribution in [0.15, 0.2) is 89.7 Å². The van der Waals surface area contributed by atoms with Gasteiger partial charge in [0.25, 0.3) is 5.56 Å². The molecule has 3 aromatic carbocycles. The first-order valence-electron chi connectivity index (χ1n) is 12.2. The minimum absolute atomic E-state index is 0. The SMILES string of the molecule is O=c1c2ccccc2c(Cc2ccccc2)nn1C1CCC[NH+](CCc2ccccc2)CC1.[Cl-]. The summed E-state index contributed by atoms with van der Waals surface area (Å²) in [4.78, 5) is 15.1. The average Bonchev–Trinajstić information content (AvgIpc) is 3.11. The Morgan fingerprint density at radius 1 is 0.794 bits per heavy atom. The molecule has 0 bridgehead atoms. The third kappa shape index (κ3) is 5.57. The van der Waals surface area contributed by atoms with Gasteiger partial charge in [0.1, 0.15) is 0 Å². The first-order valence-corrected chi connectivity index (χ1v) is 12.2. The molecule has 0 radical (unpaired) electrons. The maximum atomic E-state index is 13.4. The first kappa shape index (κ1) is 24.2. The Kier molecular flexibility index (Phi) is 8.15. The highest BCUT2D eigenvalue weighted by Crippen LogP contribution is 2.21. The molecule has 1 aliphatic heterocycles. The van der Waals surface area contributed by atoms with Gasteiger partial charge < -0.3 is 17.3 Å². The van der Waals surface area contributed by atoms with Crippen molar-refractivity contribution >= 4 is 10.8 Å². The number of halogens is 1. The van der Waals surface area contributed by atoms with Gasteiger partial charge >= 0.3 is 0 Å². The van der Waals surface area contributed by atoms with E-state index in [2.05, 4.69) is 54.6 Å². The van der Waals surface area contributed by atoms with Crippen LogP contribution in [0.5, 0.6) is 0 Å². The van der Waals surface area contributed by atoms with Crippen molar-refractivity contribution in [1.29, 1.82) is 0 Å². The molecule has 1 aliphatic rings. The average molecular weight is 474 g/mol. The molecule has 2 heterocycles. The minimum Gasteiger partial charge on any atom is -1.00 e. The summed E-state index contributed by atoms with van der Waals surface area (Å²) in [5, 5.41) is 6.74. The van der Waals surface area contributed by atoms with E-state index in [1.807, 2.05) is 35.0 Å². The Balaban J connectivity index is 0.00000274. The summed E-state index contributed by atoms with van der Waals surface area (Å²) < 4.78 is 1.82. The second-order valence-electron chi connectivity index (χ2n) is 9.22. The number of likely N-dealkylation sites (tertiary alicyclic amines) is 1. The molecular weight excluding hydrogens is 442 g/mol. The summed E-state index contributed by atoms with van der Waals surface area (Å²) in [5.41, 5.74) is 3.68. The van der Waals surface area contributed by atoms with E-state index in [9.17, 15) is 4.79 Å². The normalized spacial score (nSPS) is 18.2. The summed E-state index contributed by atoms with van der Waals surface area (Å²) in [7, 11) is 0. The molecule has 5 rings (SSSR count). The fraction of sp³-hybridized carbons (Fsp3) is 0.310. The van der Waals surface area contributed by atoms with Gasteiger partial charge in [0, 0.05) is 24.6 Å². The smallest absolute Gasteiger partial charge is 0.274 e. The Morgan fingerprint density at radius 3 is 2.18 bits per heavy atom. The van der Waals surface area contributed by atoms with Crippen molar-refractivity contribution in [2.24, 2.45) is 0 Å². The van der Waals surface area contributed by atoms with Gasteiger partial charge in [0.2, 0.25) is 0 Å². The Hall–Kier alpha value is -2.95. The van der Waals surface area contributed by atoms with E-state index in [0.717, 1.165) is 61.7 Å². The van der Waals surface area contributed by atoms with Crippen molar-refractivity contribution in [3.05, 3.63) is 112 Å². The fourth-order valence-corrected chi connectivity index (χ4v) is 5.13. The molecule has 4 nitrogen and oxygen atoms in total. The van der Waals surface area contributed by atoms with Gasteiger partial charge in [-0.1, -0.05) is 78.9 Å². The van der Waals surface area contributed by atoms with Crippen molar-refractivity contribution in [2.75, 3.05) is 19.6 Å². The summed E-state index contributed by atoms with van der Waals surface area (Å²) in [6.07, 6.45) is 4.99. The topological polar surface area (TPSA) is 39.3 Å². The van der Waals surface area contributed by atoms with Crippen LogP contribution in [0.1, 0.15) is 42.1 Å². The van der Waals surface area contributed by atoms with Gasteiger partial charge in [-0.2, -0.15) is 5.10 Å². The van der Waals surface area contributed by atoms with Gasteiger partial charge in [0.15, 0.2) is 0 Å². The van der Waals surface area contributed by atoms with Gasteiger partial charge in [-0.25, -0.2) is 4.68 Å². The quantitative estimate of drug-likeness (QED) is 0.451. The van der Waals surface area contributed by atoms with Crippen molar-refractivity contribution in [2.45, 2.75) is 38.1 Å². The summed E-state index contributed by atoms with van der Waals surface area (Å²) in [5.74, 6) is 0. The van der Waals surface area contributed by atoms with Crippen LogP contribution in [0.2, 0.25) is 0 Å². The summed E-state index contributed by atoms with van der Waals surface area (Å²) in [6, 6.07) is 29.3. The van der Waals surface area contributed by atoms with Crippen LogP contribution in [0.25, 0.3) is 10.8 Å². The van der Waals surface area contributed by atoms with E-state index >= 15 is 0 Å². The standard InChI is InChI=1S/C29H31N3O.ClH/c33-29-27-16-8-7-15-26(27)28(22-24-12-5-2-6-13-24)30-32(29)25-14-9-19-31(21-18-25)20-17-23-10-3-1-4-11-23;/h1-8,10-13,15-16,25H,9,14,17-22H2;1H. The van der Waals surface area contributed by atoms with E-state index < -0.39 is 0 Å². The maximum Gasteiger partial charge on any atom is 0.274 e. The lowest BCUT2D eigenvalue weighted by atomic mass is 10.0. The number of nitrogens with zero attached hydrogens (tertiary/aromatic N) is 2. The van der Waals surface area contributed by atoms with Crippen molar-refractivity contribution in [3.8, 4) is 0 Å². The molecule has 0 saturated carbocycles. The molecule has 1 fully saturated rings. The Morgan fingerprint density at radius 2 is 1.44 bits per heavy atom. The van der Waals surface area contributed by atoms with E-state index in [4.69, 9.17) is 5.10 Å². The van der Waals surface area contributed by atoms with E-state index in [0.29, 0.717) is 0 Å². The number of aromatic nitrogens is 2. The van der Waals surface area contributed by atoms with Crippen LogP contribution in [-0.4, -0.2) is 29.4 Å². The fourth-order valence-electron chi connectivity index (χ4n) is 5.13. The lowest BCUT2D eigenvalue weighted by Crippen LogP contribution is -3.12. The second-order valence-corrected chi connectivity index (χ2v) is 9.22. The summed E-state index contributed by atoms with van der Waals surface area (Å²) in [6.45, 7) is 3.41. The van der Waals surface area contributed by atoms with Crippen LogP contribution < -0.4 is 22.9 Å². The first-order chi connectivity index (χ1) is 16.3. The molecule has 176 valence electrons. The second kappa shape index (κ2) is 11.5. The van der Waals surface area contributed by atoms with Gasteiger partial charge in [-0.05, 0) is 30.0 Å². The number of benzene rings is 3. The largest absolute Gasteiger partial charge is 1.00 e. The summed E-state index contributed by atoms with van der Waals surface area (Å²) >= 11 is 0. The molecule has 2 atom stereocenters. The van der Waals surface area contributed by atoms with Crippen molar-refractivity contribution < 1.29 is 17.3 Å². The highest BCUT2D eigenvalue weighted by Gasteiger charge is 2.24. The highest BCUT2D eigenvalue weighted by atomic mass is 35.5. The van der Waals surface area contributed by atoms with Gasteiger partial charge in [-0.15, -0.1) is 0 Å². The van der Waals surface area contributed by atoms with Crippen molar-refractivity contribution in [1.82, 2.24) is 9.78 Å². The molecule has 1 N–H and O–H groups in total. The molecule has 0 spiro atoms. The Labute approximate surface area is 207 Å². The molecule has 5 heteroatoms. The van der Waals surface area contributed by atoms with Gasteiger partial charge in [-0.3, -0.25) is 4.79 Å². The van der Waals surface area contributed by atoms with Crippen LogP contribution in [-0.2, 0) is 12.8 Å². The molecule has 0 aliphatic carbocycles. The lowest BCUT2D eigenvalue weighted by molar-refractivity contribution is -0.899. The zero-order valence-electron chi connectivity index (χ0n) is 19.5. The minimum atomic E-state index is 0. The number of rotatable bonds is 6. The molecule has 1 saturated heterocycles. The number of hydrogen-bond acceptors (Lipinski definition) is 2. The monoisotopic (exact) mass is 473 g/mol. The number of quaternary nitrogens is 1. The van der Waals surface area contributed by atoms with Crippen LogP contribution >= 0.6 is 0 Å². The zero-order valence-corrected chi connectivity index (χ0v) is 20.3. The van der Waals surface area contributed by atoms with E-state index in [-0.39, 0.29) is 24.0 Å². The van der Waals surface area contributed by atoms with Crippen molar-refractivity contribution in [3.63, 3.8) is 0 Å². The molecule has 0 amide bonds. The molecular formula is C29H32ClN3O. The van der Waals surface area contributed by atoms with E-state index in [1.54, 1.807) is 4.90 Å². The third-order valence-electron chi connectivity index (χ3n) is 6.97. The van der Waals surface area contributed by atoms with Crippen LogP contribution in [0, 0.1) is 0 Å².